The molecule has 3 heterocycles. The van der Waals surface area contributed by atoms with Gasteiger partial charge < -0.3 is 15.0 Å². The highest BCUT2D eigenvalue weighted by Gasteiger charge is 2.35. The molecule has 3 rings (SSSR count). The molecule has 0 unspecified atom stereocenters. The number of aromatic amines is 1. The highest BCUT2D eigenvalue weighted by molar-refractivity contribution is 5.94. The van der Waals surface area contributed by atoms with E-state index in [9.17, 15) is 23.1 Å². The Hall–Kier alpha value is -2.58. The molecule has 1 aliphatic heterocycles. The van der Waals surface area contributed by atoms with Gasteiger partial charge in [0.15, 0.2) is 5.69 Å². The number of rotatable bonds is 2. The Morgan fingerprint density at radius 1 is 1.38 bits per heavy atom. The number of hydrogen-bond donors (Lipinski definition) is 2. The topological polar surface area (TPSA) is 82.1 Å². The average Bonchev–Trinajstić information content (AvgIpc) is 3.05. The number of carbonyl (C=O) groups is 1. The quantitative estimate of drug-likeness (QED) is 0.880. The zero-order valence-electron chi connectivity index (χ0n) is 12.5. The van der Waals surface area contributed by atoms with Crippen LogP contribution in [0, 0.1) is 0 Å². The van der Waals surface area contributed by atoms with Crippen molar-refractivity contribution in [3.8, 4) is 5.75 Å². The van der Waals surface area contributed by atoms with Gasteiger partial charge in [0, 0.05) is 25.2 Å². The van der Waals surface area contributed by atoms with Crippen LogP contribution in [-0.2, 0) is 6.18 Å². The van der Waals surface area contributed by atoms with E-state index in [0.717, 1.165) is 6.20 Å². The van der Waals surface area contributed by atoms with E-state index in [2.05, 4.69) is 15.0 Å². The number of hydrogen-bond acceptors (Lipinski definition) is 4. The Morgan fingerprint density at radius 3 is 2.83 bits per heavy atom. The summed E-state index contributed by atoms with van der Waals surface area (Å²) < 4.78 is 38.0. The van der Waals surface area contributed by atoms with Gasteiger partial charge in [0.2, 0.25) is 0 Å². The molecule has 1 amide bonds. The summed E-state index contributed by atoms with van der Waals surface area (Å²) in [5.74, 6) is -0.767. The smallest absolute Gasteiger partial charge is 0.432 e. The Labute approximate surface area is 135 Å². The number of piperidine rings is 1. The monoisotopic (exact) mass is 340 g/mol. The van der Waals surface area contributed by atoms with Gasteiger partial charge >= 0.3 is 6.18 Å². The molecule has 1 aliphatic rings. The number of carbonyl (C=O) groups excluding carboxylic acids is 1. The molecule has 0 aliphatic carbocycles. The van der Waals surface area contributed by atoms with Gasteiger partial charge in [0.05, 0.1) is 6.20 Å². The number of halogens is 3. The maximum absolute atomic E-state index is 12.7. The molecule has 0 saturated carbocycles. The fourth-order valence-electron chi connectivity index (χ4n) is 2.78. The van der Waals surface area contributed by atoms with Crippen LogP contribution in [0.4, 0.5) is 13.2 Å². The van der Waals surface area contributed by atoms with Crippen LogP contribution in [0.5, 0.6) is 5.75 Å². The first-order chi connectivity index (χ1) is 11.4. The van der Waals surface area contributed by atoms with E-state index < -0.39 is 17.8 Å². The zero-order chi connectivity index (χ0) is 17.3. The van der Waals surface area contributed by atoms with Crippen LogP contribution in [0.25, 0.3) is 0 Å². The third-order valence-corrected chi connectivity index (χ3v) is 3.99. The van der Waals surface area contributed by atoms with E-state index >= 15 is 0 Å². The zero-order valence-corrected chi connectivity index (χ0v) is 12.5. The summed E-state index contributed by atoms with van der Waals surface area (Å²) in [5, 5.41) is 9.73. The van der Waals surface area contributed by atoms with Gasteiger partial charge in [0.25, 0.3) is 5.91 Å². The lowest BCUT2D eigenvalue weighted by atomic mass is 9.97. The van der Waals surface area contributed by atoms with Crippen LogP contribution in [0.15, 0.2) is 24.5 Å². The van der Waals surface area contributed by atoms with Crippen molar-refractivity contribution in [3.05, 3.63) is 41.7 Å². The lowest BCUT2D eigenvalue weighted by Gasteiger charge is -2.31. The van der Waals surface area contributed by atoms with Crippen molar-refractivity contribution < 1.29 is 23.1 Å². The number of aromatic hydroxyl groups is 1. The van der Waals surface area contributed by atoms with Crippen molar-refractivity contribution >= 4 is 5.91 Å². The first kappa shape index (κ1) is 16.3. The maximum Gasteiger partial charge on any atom is 0.432 e. The van der Waals surface area contributed by atoms with E-state index in [-0.39, 0.29) is 29.7 Å². The summed E-state index contributed by atoms with van der Waals surface area (Å²) in [7, 11) is 0. The molecule has 24 heavy (non-hydrogen) atoms. The molecular formula is C15H15F3N4O2. The van der Waals surface area contributed by atoms with E-state index in [1.807, 2.05) is 0 Å². The second kappa shape index (κ2) is 6.14. The lowest BCUT2D eigenvalue weighted by Crippen LogP contribution is -2.39. The molecule has 0 bridgehead atoms. The van der Waals surface area contributed by atoms with Gasteiger partial charge in [-0.25, -0.2) is 9.97 Å². The highest BCUT2D eigenvalue weighted by Crippen LogP contribution is 2.31. The van der Waals surface area contributed by atoms with Gasteiger partial charge in [-0.15, -0.1) is 0 Å². The first-order valence-electron chi connectivity index (χ1n) is 7.41. The SMILES string of the molecule is O=C(c1ncccc1O)N1CCC[C@H](c2ncc(C(F)(F)F)[nH]2)C1. The number of aromatic nitrogens is 3. The van der Waals surface area contributed by atoms with Crippen molar-refractivity contribution in [2.24, 2.45) is 0 Å². The standard InChI is InChI=1S/C15H15F3N4O2/c16-15(17,18)11-7-20-13(21-11)9-3-2-6-22(8-9)14(24)12-10(23)4-1-5-19-12/h1,4-5,7,9,23H,2-3,6,8H2,(H,20,21)/t9-/m0/s1. The molecule has 0 spiro atoms. The van der Waals surface area contributed by atoms with E-state index in [4.69, 9.17) is 0 Å². The summed E-state index contributed by atoms with van der Waals surface area (Å²) in [6, 6.07) is 2.87. The molecule has 1 fully saturated rings. The Bertz CT molecular complexity index is 744. The minimum absolute atomic E-state index is 0.0615. The summed E-state index contributed by atoms with van der Waals surface area (Å²) in [6.45, 7) is 0.678. The van der Waals surface area contributed by atoms with Gasteiger partial charge in [-0.1, -0.05) is 0 Å². The van der Waals surface area contributed by atoms with Crippen LogP contribution in [0.1, 0.15) is 40.8 Å². The van der Waals surface area contributed by atoms with Gasteiger partial charge in [-0.3, -0.25) is 4.79 Å². The molecule has 128 valence electrons. The van der Waals surface area contributed by atoms with Crippen LogP contribution in [-0.4, -0.2) is 44.0 Å². The number of nitrogens with zero attached hydrogens (tertiary/aromatic N) is 3. The molecule has 1 saturated heterocycles. The predicted molar refractivity (Wildman–Crippen MR) is 77.4 cm³/mol. The molecule has 0 radical (unpaired) electrons. The fourth-order valence-corrected chi connectivity index (χ4v) is 2.78. The van der Waals surface area contributed by atoms with Crippen molar-refractivity contribution in [3.63, 3.8) is 0 Å². The minimum Gasteiger partial charge on any atom is -0.505 e. The predicted octanol–water partition coefficient (Wildman–Crippen LogP) is 2.55. The fraction of sp³-hybridized carbons (Fsp3) is 0.400. The number of pyridine rings is 1. The molecule has 2 N–H and O–H groups in total. The molecule has 6 nitrogen and oxygen atoms in total. The first-order valence-corrected chi connectivity index (χ1v) is 7.41. The second-order valence-corrected chi connectivity index (χ2v) is 5.64. The van der Waals surface area contributed by atoms with Crippen LogP contribution < -0.4 is 0 Å². The minimum atomic E-state index is -4.48. The van der Waals surface area contributed by atoms with Crippen molar-refractivity contribution in [1.29, 1.82) is 0 Å². The number of imidazole rings is 1. The molecule has 0 aromatic carbocycles. The largest absolute Gasteiger partial charge is 0.505 e. The molecule has 1 atom stereocenters. The highest BCUT2D eigenvalue weighted by atomic mass is 19.4. The number of alkyl halides is 3. The number of likely N-dealkylation sites (tertiary alicyclic amines) is 1. The van der Waals surface area contributed by atoms with Gasteiger partial charge in [0.1, 0.15) is 17.3 Å². The van der Waals surface area contributed by atoms with Crippen molar-refractivity contribution in [2.45, 2.75) is 24.9 Å². The Balaban J connectivity index is 1.76. The van der Waals surface area contributed by atoms with E-state index in [1.54, 1.807) is 0 Å². The van der Waals surface area contributed by atoms with Crippen LogP contribution >= 0.6 is 0 Å². The number of nitrogens with one attached hydrogen (secondary N) is 1. The second-order valence-electron chi connectivity index (χ2n) is 5.64. The average molecular weight is 340 g/mol. The van der Waals surface area contributed by atoms with Crippen LogP contribution in [0.2, 0.25) is 0 Å². The third-order valence-electron chi connectivity index (χ3n) is 3.99. The lowest BCUT2D eigenvalue weighted by molar-refractivity contribution is -0.141. The van der Waals surface area contributed by atoms with Crippen molar-refractivity contribution in [1.82, 2.24) is 19.9 Å². The molecule has 2 aromatic heterocycles. The van der Waals surface area contributed by atoms with Crippen molar-refractivity contribution in [2.75, 3.05) is 13.1 Å². The number of H-pyrrole nitrogens is 1. The van der Waals surface area contributed by atoms with Gasteiger partial charge in [-0.2, -0.15) is 13.2 Å². The van der Waals surface area contributed by atoms with Crippen LogP contribution in [0.3, 0.4) is 0 Å². The maximum atomic E-state index is 12.7. The summed E-state index contributed by atoms with van der Waals surface area (Å²) >= 11 is 0. The summed E-state index contributed by atoms with van der Waals surface area (Å²) in [6.07, 6.45) is -1.05. The third kappa shape index (κ3) is 3.19. The molecule has 2 aromatic rings. The molecule has 9 heteroatoms. The Morgan fingerprint density at radius 2 is 2.17 bits per heavy atom. The van der Waals surface area contributed by atoms with E-state index in [1.165, 1.54) is 23.2 Å². The Kier molecular flexibility index (Phi) is 4.16. The summed E-state index contributed by atoms with van der Waals surface area (Å²) in [4.78, 5) is 23.9. The molecular weight excluding hydrogens is 325 g/mol. The van der Waals surface area contributed by atoms with Gasteiger partial charge in [-0.05, 0) is 25.0 Å². The normalized spacial score (nSPS) is 18.6. The van der Waals surface area contributed by atoms with E-state index in [0.29, 0.717) is 19.4 Å². The summed E-state index contributed by atoms with van der Waals surface area (Å²) in [5.41, 5.74) is -0.961. The number of amides is 1.